The third-order valence-corrected chi connectivity index (χ3v) is 3.29. The molecule has 0 amide bonds. The van der Waals surface area contributed by atoms with Gasteiger partial charge in [-0.3, -0.25) is 20.2 Å². The number of nitro groups is 2. The lowest BCUT2D eigenvalue weighted by Crippen LogP contribution is -1.93. The van der Waals surface area contributed by atoms with Crippen molar-refractivity contribution >= 4 is 11.4 Å². The lowest BCUT2D eigenvalue weighted by molar-refractivity contribution is -0.386. The third-order valence-electron chi connectivity index (χ3n) is 3.29. The minimum absolute atomic E-state index is 0.225. The minimum Gasteiger partial charge on any atom is -0.502 e. The van der Waals surface area contributed by atoms with Gasteiger partial charge in [0.15, 0.2) is 17.2 Å². The number of nitriles is 1. The molecule has 142 valence electrons. The fourth-order valence-electron chi connectivity index (χ4n) is 2.00. The SMILES string of the molecule is N#Cc1cn(-c2ccc([N+](=O)[O-])c(O)c2)cn1.O=[N+]([O-])c1ccc(F)cc1O. The van der Waals surface area contributed by atoms with Crippen LogP contribution in [0.25, 0.3) is 5.69 Å². The fraction of sp³-hybridized carbons (Fsp3) is 0. The smallest absolute Gasteiger partial charge is 0.310 e. The second-order valence-electron chi connectivity index (χ2n) is 5.10. The molecule has 2 N–H and O–H groups in total. The number of phenols is 2. The van der Waals surface area contributed by atoms with E-state index in [0.717, 1.165) is 12.1 Å². The summed E-state index contributed by atoms with van der Waals surface area (Å²) < 4.78 is 13.7. The molecular weight excluding hydrogens is 377 g/mol. The van der Waals surface area contributed by atoms with Crippen molar-refractivity contribution in [2.45, 2.75) is 0 Å². The first-order chi connectivity index (χ1) is 13.2. The maximum absolute atomic E-state index is 12.2. The van der Waals surface area contributed by atoms with Gasteiger partial charge in [0.05, 0.1) is 15.5 Å². The lowest BCUT2D eigenvalue weighted by atomic mass is 10.2. The summed E-state index contributed by atoms with van der Waals surface area (Å²) in [4.78, 5) is 22.9. The van der Waals surface area contributed by atoms with Crippen molar-refractivity contribution < 1.29 is 24.5 Å². The van der Waals surface area contributed by atoms with Crippen LogP contribution in [0.5, 0.6) is 11.5 Å². The van der Waals surface area contributed by atoms with Crippen LogP contribution >= 0.6 is 0 Å². The summed E-state index contributed by atoms with van der Waals surface area (Å²) in [6.07, 6.45) is 2.85. The molecule has 1 heterocycles. The summed E-state index contributed by atoms with van der Waals surface area (Å²) in [5, 5.41) is 47.4. The Balaban J connectivity index is 0.000000221. The Labute approximate surface area is 155 Å². The number of hydrogen-bond acceptors (Lipinski definition) is 8. The number of benzene rings is 2. The van der Waals surface area contributed by atoms with Gasteiger partial charge in [-0.1, -0.05) is 0 Å². The van der Waals surface area contributed by atoms with E-state index in [1.54, 1.807) is 0 Å². The number of phenolic OH excluding ortho intramolecular Hbond substituents is 2. The largest absolute Gasteiger partial charge is 0.502 e. The highest BCUT2D eigenvalue weighted by Gasteiger charge is 2.14. The lowest BCUT2D eigenvalue weighted by Gasteiger charge is -2.02. The van der Waals surface area contributed by atoms with Gasteiger partial charge in [0.25, 0.3) is 0 Å². The van der Waals surface area contributed by atoms with Gasteiger partial charge in [0, 0.05) is 30.5 Å². The van der Waals surface area contributed by atoms with Gasteiger partial charge in [0.1, 0.15) is 18.2 Å². The molecule has 0 atom stereocenters. The van der Waals surface area contributed by atoms with Crippen molar-refractivity contribution in [2.24, 2.45) is 0 Å². The van der Waals surface area contributed by atoms with E-state index >= 15 is 0 Å². The zero-order valence-corrected chi connectivity index (χ0v) is 13.8. The number of aromatic nitrogens is 2. The van der Waals surface area contributed by atoms with Crippen LogP contribution in [0.1, 0.15) is 5.69 Å². The van der Waals surface area contributed by atoms with Crippen molar-refractivity contribution in [2.75, 3.05) is 0 Å². The number of nitrogens with zero attached hydrogens (tertiary/aromatic N) is 5. The summed E-state index contributed by atoms with van der Waals surface area (Å²) in [5.41, 5.74) is -0.147. The molecular formula is C16H10FN5O6. The quantitative estimate of drug-likeness (QED) is 0.510. The van der Waals surface area contributed by atoms with Gasteiger partial charge in [0.2, 0.25) is 0 Å². The van der Waals surface area contributed by atoms with E-state index in [1.165, 1.54) is 35.3 Å². The molecule has 2 aromatic carbocycles. The van der Waals surface area contributed by atoms with Crippen molar-refractivity contribution in [3.05, 3.63) is 80.7 Å². The van der Waals surface area contributed by atoms with Gasteiger partial charge in [-0.05, 0) is 12.1 Å². The normalized spacial score (nSPS) is 9.71. The highest BCUT2D eigenvalue weighted by Crippen LogP contribution is 2.28. The van der Waals surface area contributed by atoms with Crippen molar-refractivity contribution in [1.29, 1.82) is 5.26 Å². The molecule has 12 heteroatoms. The first-order valence-electron chi connectivity index (χ1n) is 7.27. The van der Waals surface area contributed by atoms with E-state index in [0.29, 0.717) is 11.8 Å². The average Bonchev–Trinajstić information content (AvgIpc) is 3.10. The fourth-order valence-corrected chi connectivity index (χ4v) is 2.00. The van der Waals surface area contributed by atoms with Crippen molar-refractivity contribution in [1.82, 2.24) is 9.55 Å². The zero-order valence-electron chi connectivity index (χ0n) is 13.8. The highest BCUT2D eigenvalue weighted by atomic mass is 19.1. The first-order valence-corrected chi connectivity index (χ1v) is 7.27. The number of imidazole rings is 1. The van der Waals surface area contributed by atoms with Crippen molar-refractivity contribution in [3.8, 4) is 23.3 Å². The molecule has 3 aromatic rings. The first kappa shape index (κ1) is 19.8. The number of halogens is 1. The third kappa shape index (κ3) is 4.55. The van der Waals surface area contributed by atoms with Gasteiger partial charge in [-0.15, -0.1) is 0 Å². The molecule has 0 fully saturated rings. The maximum atomic E-state index is 12.2. The molecule has 11 nitrogen and oxygen atoms in total. The second-order valence-corrected chi connectivity index (χ2v) is 5.10. The van der Waals surface area contributed by atoms with E-state index in [1.807, 2.05) is 6.07 Å². The number of hydrogen-bond donors (Lipinski definition) is 2. The summed E-state index contributed by atoms with van der Waals surface area (Å²) in [6.45, 7) is 0. The molecule has 28 heavy (non-hydrogen) atoms. The molecule has 0 radical (unpaired) electrons. The van der Waals surface area contributed by atoms with Gasteiger partial charge in [-0.25, -0.2) is 9.37 Å². The van der Waals surface area contributed by atoms with Crippen LogP contribution in [0, 0.1) is 37.4 Å². The molecule has 0 saturated carbocycles. The van der Waals surface area contributed by atoms with E-state index in [-0.39, 0.29) is 11.4 Å². The topological polar surface area (TPSA) is 168 Å². The monoisotopic (exact) mass is 387 g/mol. The van der Waals surface area contributed by atoms with Gasteiger partial charge >= 0.3 is 11.4 Å². The van der Waals surface area contributed by atoms with Crippen molar-refractivity contribution in [3.63, 3.8) is 0 Å². The number of rotatable bonds is 3. The molecule has 0 saturated heterocycles. The highest BCUT2D eigenvalue weighted by molar-refractivity contribution is 5.52. The van der Waals surface area contributed by atoms with Crippen LogP contribution < -0.4 is 0 Å². The van der Waals surface area contributed by atoms with E-state index in [9.17, 15) is 29.7 Å². The van der Waals surface area contributed by atoms with Crippen LogP contribution in [-0.2, 0) is 0 Å². The Morgan fingerprint density at radius 1 is 1.04 bits per heavy atom. The maximum Gasteiger partial charge on any atom is 0.310 e. The van der Waals surface area contributed by atoms with E-state index < -0.39 is 32.9 Å². The Hall–Kier alpha value is -4.53. The molecule has 0 aliphatic heterocycles. The van der Waals surface area contributed by atoms with E-state index in [4.69, 9.17) is 10.4 Å². The molecule has 0 bridgehead atoms. The molecule has 1 aromatic heterocycles. The Bertz CT molecular complexity index is 1090. The standard InChI is InChI=1S/C10H6N4O3.C6H4FNO3/c11-4-7-5-13(6-12-7)8-1-2-9(14(16)17)10(15)3-8;7-4-1-2-5(8(10)11)6(9)3-4/h1-3,5-6,15H;1-3,9H. The molecule has 0 unspecified atom stereocenters. The summed E-state index contributed by atoms with van der Waals surface area (Å²) in [5.74, 6) is -1.79. The summed E-state index contributed by atoms with van der Waals surface area (Å²) in [6, 6.07) is 8.26. The number of aromatic hydroxyl groups is 2. The summed E-state index contributed by atoms with van der Waals surface area (Å²) in [7, 11) is 0. The molecule has 0 aliphatic carbocycles. The molecule has 0 aliphatic rings. The Morgan fingerprint density at radius 3 is 2.07 bits per heavy atom. The van der Waals surface area contributed by atoms with Gasteiger partial charge < -0.3 is 14.8 Å². The van der Waals surface area contributed by atoms with Gasteiger partial charge in [-0.2, -0.15) is 5.26 Å². The Kier molecular flexibility index (Phi) is 5.82. The summed E-state index contributed by atoms with van der Waals surface area (Å²) >= 11 is 0. The molecule has 3 rings (SSSR count). The Morgan fingerprint density at radius 2 is 1.61 bits per heavy atom. The minimum atomic E-state index is -0.783. The van der Waals surface area contributed by atoms with Crippen LogP contribution in [0.2, 0.25) is 0 Å². The van der Waals surface area contributed by atoms with Crippen LogP contribution in [-0.4, -0.2) is 29.6 Å². The molecule has 0 spiro atoms. The van der Waals surface area contributed by atoms with E-state index in [2.05, 4.69) is 4.98 Å². The van der Waals surface area contributed by atoms with Crippen LogP contribution in [0.15, 0.2) is 48.9 Å². The van der Waals surface area contributed by atoms with Crippen LogP contribution in [0.4, 0.5) is 15.8 Å². The predicted octanol–water partition coefficient (Wildman–Crippen LogP) is 2.80. The second kappa shape index (κ2) is 8.23. The van der Waals surface area contributed by atoms with Crippen LogP contribution in [0.3, 0.4) is 0 Å². The zero-order chi connectivity index (χ0) is 20.8. The average molecular weight is 387 g/mol. The predicted molar refractivity (Wildman–Crippen MR) is 91.3 cm³/mol. The number of nitro benzene ring substituents is 2.